The Morgan fingerprint density at radius 2 is 2.00 bits per heavy atom. The zero-order valence-electron chi connectivity index (χ0n) is 8.59. The summed E-state index contributed by atoms with van der Waals surface area (Å²) in [6, 6.07) is 6.48. The molecular weight excluding hydrogens is 156 g/mol. The van der Waals surface area contributed by atoms with Crippen molar-refractivity contribution in [2.75, 3.05) is 0 Å². The Labute approximate surface area is 80.6 Å². The summed E-state index contributed by atoms with van der Waals surface area (Å²) >= 11 is 0. The van der Waals surface area contributed by atoms with Gasteiger partial charge in [0.1, 0.15) is 0 Å². The van der Waals surface area contributed by atoms with Gasteiger partial charge in [-0.3, -0.25) is 0 Å². The van der Waals surface area contributed by atoms with Crippen LogP contribution >= 0.6 is 0 Å². The highest BCUT2D eigenvalue weighted by atomic mass is 14.0. The first kappa shape index (κ1) is 9.79. The third kappa shape index (κ3) is 2.59. The minimum Gasteiger partial charge on any atom is -0.0988 e. The van der Waals surface area contributed by atoms with Crippen LogP contribution in [0.3, 0.4) is 0 Å². The fraction of sp³-hybridized carbons (Fsp3) is 0.231. The predicted molar refractivity (Wildman–Crippen MR) is 59.8 cm³/mol. The molecule has 0 spiro atoms. The molecule has 1 aromatic carbocycles. The predicted octanol–water partition coefficient (Wildman–Crippen LogP) is 3.89. The van der Waals surface area contributed by atoms with E-state index in [9.17, 15) is 0 Å². The molecule has 0 aliphatic heterocycles. The van der Waals surface area contributed by atoms with Crippen LogP contribution in [0.2, 0.25) is 0 Å². The van der Waals surface area contributed by atoms with Crippen LogP contribution in [-0.4, -0.2) is 0 Å². The molecule has 1 aromatic rings. The Bertz CT molecular complexity index is 343. The van der Waals surface area contributed by atoms with Crippen molar-refractivity contribution >= 4 is 6.08 Å². The van der Waals surface area contributed by atoms with Gasteiger partial charge in [0.25, 0.3) is 0 Å². The van der Waals surface area contributed by atoms with Crippen molar-refractivity contribution in [1.82, 2.24) is 0 Å². The number of benzene rings is 1. The number of hydrogen-bond acceptors (Lipinski definition) is 0. The summed E-state index contributed by atoms with van der Waals surface area (Å²) in [4.78, 5) is 0. The van der Waals surface area contributed by atoms with Gasteiger partial charge in [0.2, 0.25) is 0 Å². The lowest BCUT2D eigenvalue weighted by atomic mass is 10.0. The van der Waals surface area contributed by atoms with Crippen LogP contribution in [0, 0.1) is 13.8 Å². The lowest BCUT2D eigenvalue weighted by Gasteiger charge is -2.02. The molecule has 0 nitrogen and oxygen atoms in total. The summed E-state index contributed by atoms with van der Waals surface area (Å²) in [6.45, 7) is 10.0. The smallest absolute Gasteiger partial charge is 0.0222 e. The molecule has 1 rings (SSSR count). The van der Waals surface area contributed by atoms with E-state index in [0.29, 0.717) is 0 Å². The van der Waals surface area contributed by atoms with Crippen LogP contribution in [0.15, 0.2) is 36.4 Å². The molecule has 0 N–H and O–H groups in total. The van der Waals surface area contributed by atoms with Gasteiger partial charge in [-0.15, -0.1) is 0 Å². The first-order valence-corrected chi connectivity index (χ1v) is 4.51. The first-order valence-electron chi connectivity index (χ1n) is 4.51. The molecule has 0 radical (unpaired) electrons. The minimum absolute atomic E-state index is 1.20. The summed E-state index contributed by atoms with van der Waals surface area (Å²) in [5.74, 6) is 0. The molecule has 0 saturated heterocycles. The fourth-order valence-electron chi connectivity index (χ4n) is 1.22. The molecule has 0 unspecified atom stereocenters. The highest BCUT2D eigenvalue weighted by Crippen LogP contribution is 2.14. The van der Waals surface area contributed by atoms with Crippen LogP contribution in [0.4, 0.5) is 0 Å². The Hall–Kier alpha value is -1.30. The van der Waals surface area contributed by atoms with E-state index in [0.717, 1.165) is 0 Å². The number of aryl methyl sites for hydroxylation is 2. The van der Waals surface area contributed by atoms with Crippen molar-refractivity contribution in [3.05, 3.63) is 53.1 Å². The SMILES string of the molecule is C=C/C(C)=C\c1cc(C)ccc1C. The van der Waals surface area contributed by atoms with E-state index in [-0.39, 0.29) is 0 Å². The van der Waals surface area contributed by atoms with E-state index in [2.05, 4.69) is 51.6 Å². The van der Waals surface area contributed by atoms with Gasteiger partial charge in [-0.25, -0.2) is 0 Å². The molecule has 0 atom stereocenters. The van der Waals surface area contributed by atoms with Crippen molar-refractivity contribution in [3.63, 3.8) is 0 Å². The average Bonchev–Trinajstić information content (AvgIpc) is 2.11. The van der Waals surface area contributed by atoms with Crippen molar-refractivity contribution in [2.24, 2.45) is 0 Å². The third-order valence-corrected chi connectivity index (χ3v) is 2.14. The van der Waals surface area contributed by atoms with Crippen molar-refractivity contribution in [1.29, 1.82) is 0 Å². The van der Waals surface area contributed by atoms with Gasteiger partial charge in [-0.2, -0.15) is 0 Å². The second-order valence-corrected chi connectivity index (χ2v) is 3.45. The Balaban J connectivity index is 3.13. The summed E-state index contributed by atoms with van der Waals surface area (Å²) < 4.78 is 0. The number of rotatable bonds is 2. The maximum atomic E-state index is 3.74. The molecule has 0 aromatic heterocycles. The summed E-state index contributed by atoms with van der Waals surface area (Å²) in [6.07, 6.45) is 4.04. The number of allylic oxidation sites excluding steroid dienone is 2. The quantitative estimate of drug-likeness (QED) is 0.594. The second kappa shape index (κ2) is 4.08. The molecule has 0 heteroatoms. The molecule has 0 bridgehead atoms. The molecule has 0 aliphatic rings. The lowest BCUT2D eigenvalue weighted by Crippen LogP contribution is -1.82. The van der Waals surface area contributed by atoms with Gasteiger partial charge in [-0.05, 0) is 31.9 Å². The normalized spacial score (nSPS) is 11.5. The molecule has 0 fully saturated rings. The van der Waals surface area contributed by atoms with E-state index in [1.54, 1.807) is 0 Å². The van der Waals surface area contributed by atoms with Gasteiger partial charge < -0.3 is 0 Å². The topological polar surface area (TPSA) is 0 Å². The Morgan fingerprint density at radius 1 is 1.31 bits per heavy atom. The lowest BCUT2D eigenvalue weighted by molar-refractivity contribution is 1.37. The van der Waals surface area contributed by atoms with Gasteiger partial charge in [0, 0.05) is 0 Å². The summed E-state index contributed by atoms with van der Waals surface area (Å²) in [5, 5.41) is 0. The van der Waals surface area contributed by atoms with Crippen LogP contribution < -0.4 is 0 Å². The number of hydrogen-bond donors (Lipinski definition) is 0. The van der Waals surface area contributed by atoms with E-state index in [1.165, 1.54) is 22.3 Å². The minimum atomic E-state index is 1.20. The van der Waals surface area contributed by atoms with Crippen molar-refractivity contribution < 1.29 is 0 Å². The molecule has 68 valence electrons. The summed E-state index contributed by atoms with van der Waals surface area (Å²) in [5.41, 5.74) is 5.10. The molecule has 0 amide bonds. The van der Waals surface area contributed by atoms with E-state index >= 15 is 0 Å². The molecule has 0 heterocycles. The second-order valence-electron chi connectivity index (χ2n) is 3.45. The van der Waals surface area contributed by atoms with Gasteiger partial charge in [0.15, 0.2) is 0 Å². The van der Waals surface area contributed by atoms with Crippen molar-refractivity contribution in [3.8, 4) is 0 Å². The van der Waals surface area contributed by atoms with E-state index in [4.69, 9.17) is 0 Å². The first-order chi connectivity index (χ1) is 6.13. The van der Waals surface area contributed by atoms with Gasteiger partial charge in [-0.1, -0.05) is 48.1 Å². The third-order valence-electron chi connectivity index (χ3n) is 2.14. The zero-order valence-corrected chi connectivity index (χ0v) is 8.59. The summed E-state index contributed by atoms with van der Waals surface area (Å²) in [7, 11) is 0. The largest absolute Gasteiger partial charge is 0.0988 e. The fourth-order valence-corrected chi connectivity index (χ4v) is 1.22. The highest BCUT2D eigenvalue weighted by Gasteiger charge is 1.94. The zero-order chi connectivity index (χ0) is 9.84. The molecular formula is C13H16. The van der Waals surface area contributed by atoms with Crippen LogP contribution in [0.1, 0.15) is 23.6 Å². The van der Waals surface area contributed by atoms with E-state index < -0.39 is 0 Å². The van der Waals surface area contributed by atoms with Crippen LogP contribution in [-0.2, 0) is 0 Å². The Kier molecular flexibility index (Phi) is 3.07. The average molecular weight is 172 g/mol. The van der Waals surface area contributed by atoms with Crippen LogP contribution in [0.5, 0.6) is 0 Å². The monoisotopic (exact) mass is 172 g/mol. The maximum Gasteiger partial charge on any atom is -0.0222 e. The molecule has 13 heavy (non-hydrogen) atoms. The Morgan fingerprint density at radius 3 is 2.62 bits per heavy atom. The molecule has 0 aliphatic carbocycles. The highest BCUT2D eigenvalue weighted by molar-refractivity contribution is 5.58. The standard InChI is InChI=1S/C13H16/c1-5-10(2)8-13-9-11(3)6-7-12(13)4/h5-9H,1H2,2-4H3/b10-8-. The van der Waals surface area contributed by atoms with Crippen molar-refractivity contribution in [2.45, 2.75) is 20.8 Å². The maximum absolute atomic E-state index is 3.74. The van der Waals surface area contributed by atoms with Gasteiger partial charge in [0.05, 0.1) is 0 Å². The van der Waals surface area contributed by atoms with Crippen LogP contribution in [0.25, 0.3) is 6.08 Å². The van der Waals surface area contributed by atoms with E-state index in [1.807, 2.05) is 6.08 Å². The molecule has 0 saturated carbocycles. The van der Waals surface area contributed by atoms with Gasteiger partial charge >= 0.3 is 0 Å².